The molecule has 0 spiro atoms. The van der Waals surface area contributed by atoms with Crippen molar-refractivity contribution in [2.24, 2.45) is 0 Å². The number of non-ortho nitro benzene ring substituents is 1. The number of piperidine rings is 1. The van der Waals surface area contributed by atoms with Gasteiger partial charge in [0, 0.05) is 18.7 Å². The quantitative estimate of drug-likeness (QED) is 0.478. The maximum Gasteiger partial charge on any atom is 0.271 e. The number of anilines is 1. The summed E-state index contributed by atoms with van der Waals surface area (Å²) in [6, 6.07) is 3.19. The van der Waals surface area contributed by atoms with E-state index in [0.29, 0.717) is 13.0 Å². The Hall–Kier alpha value is -1.50. The van der Waals surface area contributed by atoms with E-state index in [-0.39, 0.29) is 22.1 Å². The van der Waals surface area contributed by atoms with Gasteiger partial charge in [0.05, 0.1) is 15.4 Å². The SMILES string of the molecule is O=C1C(Br)CCCN1c1cc([N+](=O)[O-])ccc1F. The number of carbonyl (C=O) groups is 1. The summed E-state index contributed by atoms with van der Waals surface area (Å²) in [6.45, 7) is 0.374. The van der Waals surface area contributed by atoms with Gasteiger partial charge in [0.15, 0.2) is 0 Å². The van der Waals surface area contributed by atoms with Crippen molar-refractivity contribution in [1.29, 1.82) is 0 Å². The molecule has 1 fully saturated rings. The third-order valence-corrected chi connectivity index (χ3v) is 3.65. The lowest BCUT2D eigenvalue weighted by Gasteiger charge is -2.29. The summed E-state index contributed by atoms with van der Waals surface area (Å²) in [4.78, 5) is 22.9. The fourth-order valence-corrected chi connectivity index (χ4v) is 2.46. The Bertz CT molecular complexity index is 509. The Kier molecular flexibility index (Phi) is 3.60. The Balaban J connectivity index is 2.40. The zero-order chi connectivity index (χ0) is 13.3. The number of rotatable bonds is 2. The molecule has 1 aliphatic heterocycles. The van der Waals surface area contributed by atoms with Gasteiger partial charge in [0.25, 0.3) is 5.69 Å². The van der Waals surface area contributed by atoms with Gasteiger partial charge in [-0.2, -0.15) is 0 Å². The van der Waals surface area contributed by atoms with Crippen LogP contribution in [0.3, 0.4) is 0 Å². The van der Waals surface area contributed by atoms with Crippen molar-refractivity contribution in [3.8, 4) is 0 Å². The molecule has 1 saturated heterocycles. The average molecular weight is 317 g/mol. The molecule has 5 nitrogen and oxygen atoms in total. The van der Waals surface area contributed by atoms with Crippen molar-refractivity contribution in [2.45, 2.75) is 17.7 Å². The lowest BCUT2D eigenvalue weighted by Crippen LogP contribution is -2.42. The van der Waals surface area contributed by atoms with Crippen molar-refractivity contribution in [3.05, 3.63) is 34.1 Å². The molecule has 1 aliphatic rings. The molecular weight excluding hydrogens is 307 g/mol. The Morgan fingerprint density at radius 3 is 2.89 bits per heavy atom. The summed E-state index contributed by atoms with van der Waals surface area (Å²) >= 11 is 3.22. The summed E-state index contributed by atoms with van der Waals surface area (Å²) in [6.07, 6.45) is 1.41. The van der Waals surface area contributed by atoms with E-state index in [2.05, 4.69) is 15.9 Å². The molecule has 1 heterocycles. The van der Waals surface area contributed by atoms with Gasteiger partial charge in [-0.05, 0) is 18.9 Å². The van der Waals surface area contributed by atoms with Crippen molar-refractivity contribution < 1.29 is 14.1 Å². The number of halogens is 2. The molecule has 0 bridgehead atoms. The highest BCUT2D eigenvalue weighted by molar-refractivity contribution is 9.10. The van der Waals surface area contributed by atoms with Crippen molar-refractivity contribution in [2.75, 3.05) is 11.4 Å². The van der Waals surface area contributed by atoms with Crippen LogP contribution >= 0.6 is 15.9 Å². The van der Waals surface area contributed by atoms with Gasteiger partial charge in [-0.25, -0.2) is 4.39 Å². The van der Waals surface area contributed by atoms with E-state index in [1.165, 1.54) is 4.90 Å². The number of nitrogens with zero attached hydrogens (tertiary/aromatic N) is 2. The minimum atomic E-state index is -0.629. The Morgan fingerprint density at radius 1 is 1.50 bits per heavy atom. The maximum absolute atomic E-state index is 13.7. The molecule has 0 saturated carbocycles. The van der Waals surface area contributed by atoms with E-state index < -0.39 is 10.7 Å². The fraction of sp³-hybridized carbons (Fsp3) is 0.364. The van der Waals surface area contributed by atoms with Gasteiger partial charge >= 0.3 is 0 Å². The number of nitro groups is 1. The van der Waals surface area contributed by atoms with Gasteiger partial charge in [0.2, 0.25) is 5.91 Å². The van der Waals surface area contributed by atoms with E-state index in [1.54, 1.807) is 0 Å². The van der Waals surface area contributed by atoms with Crippen LogP contribution in [-0.2, 0) is 4.79 Å². The first-order valence-electron chi connectivity index (χ1n) is 5.40. The molecule has 0 N–H and O–H groups in total. The Labute approximate surface area is 111 Å². The van der Waals surface area contributed by atoms with Gasteiger partial charge in [-0.15, -0.1) is 0 Å². The van der Waals surface area contributed by atoms with Crippen molar-refractivity contribution in [1.82, 2.24) is 0 Å². The smallest absolute Gasteiger partial charge is 0.271 e. The van der Waals surface area contributed by atoms with Crippen LogP contribution in [0.25, 0.3) is 0 Å². The first-order chi connectivity index (χ1) is 8.50. The molecule has 0 radical (unpaired) electrons. The van der Waals surface area contributed by atoms with E-state index in [1.807, 2.05) is 0 Å². The minimum Gasteiger partial charge on any atom is -0.308 e. The molecule has 2 rings (SSSR count). The topological polar surface area (TPSA) is 63.5 Å². The largest absolute Gasteiger partial charge is 0.308 e. The number of carbonyl (C=O) groups excluding carboxylic acids is 1. The van der Waals surface area contributed by atoms with Gasteiger partial charge in [-0.1, -0.05) is 15.9 Å². The van der Waals surface area contributed by atoms with Crippen LogP contribution in [0.1, 0.15) is 12.8 Å². The molecule has 1 unspecified atom stereocenters. The lowest BCUT2D eigenvalue weighted by atomic mass is 10.1. The molecule has 0 aromatic heterocycles. The molecule has 7 heteroatoms. The lowest BCUT2D eigenvalue weighted by molar-refractivity contribution is -0.384. The molecular formula is C11H10BrFN2O3. The number of amides is 1. The van der Waals surface area contributed by atoms with E-state index >= 15 is 0 Å². The zero-order valence-electron chi connectivity index (χ0n) is 9.31. The molecule has 1 aromatic carbocycles. The molecule has 1 aromatic rings. The number of hydrogen-bond donors (Lipinski definition) is 0. The van der Waals surface area contributed by atoms with E-state index in [4.69, 9.17) is 0 Å². The zero-order valence-corrected chi connectivity index (χ0v) is 10.9. The highest BCUT2D eigenvalue weighted by Crippen LogP contribution is 2.29. The molecule has 0 aliphatic carbocycles. The van der Waals surface area contributed by atoms with Crippen LogP contribution in [0.5, 0.6) is 0 Å². The van der Waals surface area contributed by atoms with Crippen molar-refractivity contribution >= 4 is 33.2 Å². The predicted octanol–water partition coefficient (Wildman–Crippen LogP) is 2.62. The molecule has 1 amide bonds. The highest BCUT2D eigenvalue weighted by Gasteiger charge is 2.30. The summed E-state index contributed by atoms with van der Waals surface area (Å²) in [5.74, 6) is -0.892. The van der Waals surface area contributed by atoms with E-state index in [0.717, 1.165) is 24.6 Å². The molecule has 1 atom stereocenters. The second kappa shape index (κ2) is 5.01. The molecule has 96 valence electrons. The van der Waals surface area contributed by atoms with Crippen LogP contribution in [0, 0.1) is 15.9 Å². The number of nitro benzene ring substituents is 1. The second-order valence-corrected chi connectivity index (χ2v) is 5.10. The summed E-state index contributed by atoms with van der Waals surface area (Å²) in [7, 11) is 0. The Morgan fingerprint density at radius 2 is 2.22 bits per heavy atom. The second-order valence-electron chi connectivity index (χ2n) is 3.99. The number of benzene rings is 1. The number of hydrogen-bond acceptors (Lipinski definition) is 3. The van der Waals surface area contributed by atoms with Crippen LogP contribution in [0.15, 0.2) is 18.2 Å². The fourth-order valence-electron chi connectivity index (χ4n) is 1.89. The predicted molar refractivity (Wildman–Crippen MR) is 67.4 cm³/mol. The van der Waals surface area contributed by atoms with E-state index in [9.17, 15) is 19.3 Å². The van der Waals surface area contributed by atoms with Crippen LogP contribution in [-0.4, -0.2) is 22.2 Å². The minimum absolute atomic E-state index is 0.0293. The average Bonchev–Trinajstić information content (AvgIpc) is 2.33. The number of alkyl halides is 1. The normalized spacial score (nSPS) is 20.0. The summed E-state index contributed by atoms with van der Waals surface area (Å²) < 4.78 is 13.7. The maximum atomic E-state index is 13.7. The van der Waals surface area contributed by atoms with Crippen molar-refractivity contribution in [3.63, 3.8) is 0 Å². The third-order valence-electron chi connectivity index (χ3n) is 2.80. The first kappa shape index (κ1) is 12.9. The van der Waals surface area contributed by atoms with Crippen LogP contribution in [0.4, 0.5) is 15.8 Å². The third kappa shape index (κ3) is 2.35. The highest BCUT2D eigenvalue weighted by atomic mass is 79.9. The summed E-state index contributed by atoms with van der Waals surface area (Å²) in [5.41, 5.74) is -0.255. The standard InChI is InChI=1S/C11H10BrFN2O3/c12-8-2-1-5-14(11(8)16)10-6-7(15(17)18)3-4-9(10)13/h3-4,6,8H,1-2,5H2. The summed E-state index contributed by atoms with van der Waals surface area (Å²) in [5, 5.41) is 10.7. The van der Waals surface area contributed by atoms with Gasteiger partial charge < -0.3 is 4.90 Å². The molecule has 18 heavy (non-hydrogen) atoms. The van der Waals surface area contributed by atoms with Gasteiger partial charge in [0.1, 0.15) is 5.82 Å². The van der Waals surface area contributed by atoms with Gasteiger partial charge in [-0.3, -0.25) is 14.9 Å². The van der Waals surface area contributed by atoms with Crippen LogP contribution in [0.2, 0.25) is 0 Å². The monoisotopic (exact) mass is 316 g/mol. The van der Waals surface area contributed by atoms with Crippen LogP contribution < -0.4 is 4.90 Å². The first-order valence-corrected chi connectivity index (χ1v) is 6.31.